The zero-order chi connectivity index (χ0) is 9.92. The molecule has 0 saturated heterocycles. The molecule has 4 bridgehead atoms. The van der Waals surface area contributed by atoms with Crippen LogP contribution in [0.4, 0.5) is 4.39 Å². The molecule has 4 aliphatic rings. The minimum atomic E-state index is -1.66. The van der Waals surface area contributed by atoms with Crippen molar-refractivity contribution in [3.8, 4) is 0 Å². The smallest absolute Gasteiger partial charge is 0.255 e. The molecule has 3 heteroatoms. The van der Waals surface area contributed by atoms with Crippen molar-refractivity contribution in [3.05, 3.63) is 0 Å². The lowest BCUT2D eigenvalue weighted by molar-refractivity contribution is -0.161. The first-order chi connectivity index (χ1) is 6.60. The number of hydrogen-bond donors (Lipinski definition) is 1. The number of nitrogens with two attached hydrogens (primary N) is 1. The Hall–Kier alpha value is -0.600. The van der Waals surface area contributed by atoms with Gasteiger partial charge in [-0.3, -0.25) is 4.79 Å². The Kier molecular flexibility index (Phi) is 1.55. The molecule has 78 valence electrons. The standard InChI is InChI=1S/C11H16FNO/c12-11(10(13)14)8-2-6-1-7(4-8)5-9(11)3-6/h6-9H,1-5H2,(H2,13,14). The van der Waals surface area contributed by atoms with Crippen LogP contribution in [-0.4, -0.2) is 11.6 Å². The van der Waals surface area contributed by atoms with Crippen LogP contribution in [0.3, 0.4) is 0 Å². The maximum atomic E-state index is 14.5. The number of primary amides is 1. The highest BCUT2D eigenvalue weighted by molar-refractivity contribution is 5.84. The molecular formula is C11H16FNO. The summed E-state index contributed by atoms with van der Waals surface area (Å²) in [7, 11) is 0. The highest BCUT2D eigenvalue weighted by atomic mass is 19.1. The van der Waals surface area contributed by atoms with Crippen LogP contribution in [0.25, 0.3) is 0 Å². The monoisotopic (exact) mass is 197 g/mol. The summed E-state index contributed by atoms with van der Waals surface area (Å²) in [6.45, 7) is 0. The summed E-state index contributed by atoms with van der Waals surface area (Å²) in [4.78, 5) is 11.3. The van der Waals surface area contributed by atoms with Crippen LogP contribution in [0.15, 0.2) is 0 Å². The highest BCUT2D eigenvalue weighted by Crippen LogP contribution is 2.59. The van der Waals surface area contributed by atoms with E-state index in [4.69, 9.17) is 5.73 Å². The lowest BCUT2D eigenvalue weighted by Crippen LogP contribution is -2.61. The van der Waals surface area contributed by atoms with Gasteiger partial charge >= 0.3 is 0 Å². The van der Waals surface area contributed by atoms with Crippen molar-refractivity contribution in [2.45, 2.75) is 37.8 Å². The molecule has 0 heterocycles. The van der Waals surface area contributed by atoms with Gasteiger partial charge < -0.3 is 5.73 Å². The Morgan fingerprint density at radius 1 is 1.07 bits per heavy atom. The van der Waals surface area contributed by atoms with Gasteiger partial charge in [-0.2, -0.15) is 0 Å². The molecule has 2 N–H and O–H groups in total. The first-order valence-corrected chi connectivity index (χ1v) is 5.59. The minimum absolute atomic E-state index is 0.0590. The molecule has 4 saturated carbocycles. The van der Waals surface area contributed by atoms with E-state index in [2.05, 4.69) is 0 Å². The van der Waals surface area contributed by atoms with Crippen molar-refractivity contribution in [1.29, 1.82) is 0 Å². The molecule has 4 rings (SSSR count). The number of rotatable bonds is 1. The Balaban J connectivity index is 1.98. The molecule has 0 unspecified atom stereocenters. The molecular weight excluding hydrogens is 181 g/mol. The Labute approximate surface area is 83.0 Å². The Morgan fingerprint density at radius 2 is 1.50 bits per heavy atom. The van der Waals surface area contributed by atoms with E-state index in [9.17, 15) is 9.18 Å². The highest BCUT2D eigenvalue weighted by Gasteiger charge is 2.61. The lowest BCUT2D eigenvalue weighted by atomic mass is 9.50. The van der Waals surface area contributed by atoms with Crippen LogP contribution >= 0.6 is 0 Å². The third-order valence-electron chi connectivity index (χ3n) is 4.70. The van der Waals surface area contributed by atoms with Crippen LogP contribution in [0.5, 0.6) is 0 Å². The zero-order valence-electron chi connectivity index (χ0n) is 8.21. The number of hydrogen-bond acceptors (Lipinski definition) is 1. The molecule has 0 aromatic rings. The maximum Gasteiger partial charge on any atom is 0.255 e. The van der Waals surface area contributed by atoms with E-state index < -0.39 is 11.6 Å². The molecule has 0 spiro atoms. The molecule has 0 aromatic heterocycles. The summed E-state index contributed by atoms with van der Waals surface area (Å²) in [5, 5.41) is 0. The Bertz CT molecular complexity index is 261. The SMILES string of the molecule is NC(=O)C1(F)C2CC3CC(C2)CC1C3. The third-order valence-corrected chi connectivity index (χ3v) is 4.70. The summed E-state index contributed by atoms with van der Waals surface area (Å²) in [6.07, 6.45) is 4.85. The van der Waals surface area contributed by atoms with Crippen LogP contribution in [0.2, 0.25) is 0 Å². The van der Waals surface area contributed by atoms with Gasteiger partial charge in [0.1, 0.15) is 0 Å². The number of alkyl halides is 1. The van der Waals surface area contributed by atoms with Crippen molar-refractivity contribution in [3.63, 3.8) is 0 Å². The fourth-order valence-corrected chi connectivity index (χ4v) is 4.27. The lowest BCUT2D eigenvalue weighted by Gasteiger charge is -2.56. The second-order valence-corrected chi connectivity index (χ2v) is 5.44. The zero-order valence-corrected chi connectivity index (χ0v) is 8.21. The molecule has 0 atom stereocenters. The molecule has 4 fully saturated rings. The average molecular weight is 197 g/mol. The minimum Gasteiger partial charge on any atom is -0.367 e. The van der Waals surface area contributed by atoms with Crippen LogP contribution in [0.1, 0.15) is 32.1 Å². The predicted molar refractivity (Wildman–Crippen MR) is 50.1 cm³/mol. The first kappa shape index (κ1) is 8.69. The second-order valence-electron chi connectivity index (χ2n) is 5.44. The summed E-state index contributed by atoms with van der Waals surface area (Å²) < 4.78 is 14.5. The molecule has 0 aromatic carbocycles. The van der Waals surface area contributed by atoms with Crippen LogP contribution in [-0.2, 0) is 4.79 Å². The van der Waals surface area contributed by atoms with Gasteiger partial charge in [0.05, 0.1) is 0 Å². The van der Waals surface area contributed by atoms with E-state index in [1.807, 2.05) is 0 Å². The van der Waals surface area contributed by atoms with Crippen LogP contribution in [0, 0.1) is 23.7 Å². The van der Waals surface area contributed by atoms with Gasteiger partial charge in [0.15, 0.2) is 5.67 Å². The molecule has 4 aliphatic carbocycles. The average Bonchev–Trinajstić information content (AvgIpc) is 2.12. The van der Waals surface area contributed by atoms with Crippen LogP contribution < -0.4 is 5.73 Å². The first-order valence-electron chi connectivity index (χ1n) is 5.59. The quantitative estimate of drug-likeness (QED) is 0.682. The van der Waals surface area contributed by atoms with E-state index in [-0.39, 0.29) is 11.8 Å². The van der Waals surface area contributed by atoms with Gasteiger partial charge in [-0.05, 0) is 43.9 Å². The molecule has 2 nitrogen and oxygen atoms in total. The Morgan fingerprint density at radius 3 is 1.86 bits per heavy atom. The number of halogens is 1. The van der Waals surface area contributed by atoms with Crippen molar-refractivity contribution in [2.24, 2.45) is 29.4 Å². The molecule has 1 amide bonds. The van der Waals surface area contributed by atoms with Gasteiger partial charge in [-0.25, -0.2) is 4.39 Å². The second kappa shape index (κ2) is 2.50. The van der Waals surface area contributed by atoms with Crippen molar-refractivity contribution >= 4 is 5.91 Å². The van der Waals surface area contributed by atoms with Crippen molar-refractivity contribution in [1.82, 2.24) is 0 Å². The van der Waals surface area contributed by atoms with Crippen molar-refractivity contribution in [2.75, 3.05) is 0 Å². The fraction of sp³-hybridized carbons (Fsp3) is 0.909. The van der Waals surface area contributed by atoms with E-state index in [1.54, 1.807) is 0 Å². The normalized spacial score (nSPS) is 54.9. The van der Waals surface area contributed by atoms with Gasteiger partial charge in [0, 0.05) is 11.8 Å². The topological polar surface area (TPSA) is 43.1 Å². The summed E-state index contributed by atoms with van der Waals surface area (Å²) >= 11 is 0. The summed E-state index contributed by atoms with van der Waals surface area (Å²) in [5.74, 6) is 0.542. The number of carbonyl (C=O) groups excluding carboxylic acids is 1. The van der Waals surface area contributed by atoms with E-state index in [0.717, 1.165) is 25.7 Å². The van der Waals surface area contributed by atoms with E-state index >= 15 is 0 Å². The summed E-state index contributed by atoms with van der Waals surface area (Å²) in [6, 6.07) is 0. The number of carbonyl (C=O) groups is 1. The van der Waals surface area contributed by atoms with Gasteiger partial charge in [-0.1, -0.05) is 0 Å². The molecule has 0 radical (unpaired) electrons. The predicted octanol–water partition coefficient (Wildman–Crippen LogP) is 1.64. The largest absolute Gasteiger partial charge is 0.367 e. The van der Waals surface area contributed by atoms with E-state index in [0.29, 0.717) is 11.8 Å². The van der Waals surface area contributed by atoms with Gasteiger partial charge in [0.25, 0.3) is 5.91 Å². The van der Waals surface area contributed by atoms with Crippen molar-refractivity contribution < 1.29 is 9.18 Å². The summed E-state index contributed by atoms with van der Waals surface area (Å²) in [5.41, 5.74) is 3.58. The van der Waals surface area contributed by atoms with Gasteiger partial charge in [0.2, 0.25) is 0 Å². The third kappa shape index (κ3) is 0.882. The number of amides is 1. The maximum absolute atomic E-state index is 14.5. The fourth-order valence-electron chi connectivity index (χ4n) is 4.27. The molecule has 0 aliphatic heterocycles. The van der Waals surface area contributed by atoms with E-state index in [1.165, 1.54) is 6.42 Å². The van der Waals surface area contributed by atoms with Gasteiger partial charge in [-0.15, -0.1) is 0 Å². The molecule has 14 heavy (non-hydrogen) atoms.